The van der Waals surface area contributed by atoms with Gasteiger partial charge in [0.05, 0.1) is 11.0 Å². The maximum Gasteiger partial charge on any atom is 0.0541 e. The Morgan fingerprint density at radius 3 is 1.45 bits per heavy atom. The van der Waals surface area contributed by atoms with E-state index in [4.69, 9.17) is 0 Å². The third-order valence-corrected chi connectivity index (χ3v) is 9.51. The fourth-order valence-electron chi connectivity index (χ4n) is 7.00. The van der Waals surface area contributed by atoms with Gasteiger partial charge >= 0.3 is 0 Å². The zero-order chi connectivity index (χ0) is 29.2. The SMILES string of the molecule is Brc1ccc2c(c1)c1cc(-c3cccc(-c4ccc5c6ccccc6c6ccccc6c5c4)c3)ccc1n2-c1ccccc1. The summed E-state index contributed by atoms with van der Waals surface area (Å²) in [4.78, 5) is 0. The first-order chi connectivity index (χ1) is 21.7. The number of hydrogen-bond acceptors (Lipinski definition) is 0. The molecule has 9 aromatic rings. The Hall–Kier alpha value is -5.18. The van der Waals surface area contributed by atoms with Gasteiger partial charge in [-0.3, -0.25) is 0 Å². The minimum Gasteiger partial charge on any atom is -0.309 e. The Bertz CT molecular complexity index is 2520. The average molecular weight is 625 g/mol. The quantitative estimate of drug-likeness (QED) is 0.172. The fraction of sp³-hybridized carbons (Fsp3) is 0. The standard InChI is InChI=1S/C42H26BrN/c43-31-19-22-42-40(26-31)39-25-30(18-21-41(39)44(42)32-11-2-1-3-12-32)28-10-8-9-27(23-28)29-17-20-37-35-15-5-4-13-33(35)34-14-6-7-16-36(34)38(37)24-29/h1-26H. The van der Waals surface area contributed by atoms with E-state index in [1.54, 1.807) is 0 Å². The van der Waals surface area contributed by atoms with Gasteiger partial charge in [0.15, 0.2) is 0 Å². The molecule has 8 aromatic carbocycles. The second-order valence-electron chi connectivity index (χ2n) is 11.5. The van der Waals surface area contributed by atoms with E-state index in [9.17, 15) is 0 Å². The van der Waals surface area contributed by atoms with Gasteiger partial charge in [0.2, 0.25) is 0 Å². The first kappa shape index (κ1) is 25.3. The summed E-state index contributed by atoms with van der Waals surface area (Å²) in [5, 5.41) is 10.3. The predicted octanol–water partition coefficient (Wildman–Crippen LogP) is 12.3. The Morgan fingerprint density at radius 2 is 0.795 bits per heavy atom. The van der Waals surface area contributed by atoms with E-state index in [2.05, 4.69) is 178 Å². The number of rotatable bonds is 3. The van der Waals surface area contributed by atoms with E-state index in [1.165, 1.54) is 82.1 Å². The fourth-order valence-corrected chi connectivity index (χ4v) is 7.36. The maximum atomic E-state index is 3.72. The van der Waals surface area contributed by atoms with Crippen LogP contribution in [0.3, 0.4) is 0 Å². The number of aromatic nitrogens is 1. The Kier molecular flexibility index (Phi) is 5.72. The second kappa shape index (κ2) is 9.94. The van der Waals surface area contributed by atoms with Gasteiger partial charge in [-0.2, -0.15) is 0 Å². The van der Waals surface area contributed by atoms with Crippen molar-refractivity contribution in [1.82, 2.24) is 4.57 Å². The monoisotopic (exact) mass is 623 g/mol. The Morgan fingerprint density at radius 1 is 0.318 bits per heavy atom. The molecule has 0 fully saturated rings. The van der Waals surface area contributed by atoms with Crippen molar-refractivity contribution in [3.63, 3.8) is 0 Å². The van der Waals surface area contributed by atoms with Crippen molar-refractivity contribution < 1.29 is 0 Å². The molecule has 44 heavy (non-hydrogen) atoms. The van der Waals surface area contributed by atoms with Crippen molar-refractivity contribution in [3.05, 3.63) is 162 Å². The number of hydrogen-bond donors (Lipinski definition) is 0. The van der Waals surface area contributed by atoms with Gasteiger partial charge in [0, 0.05) is 20.9 Å². The van der Waals surface area contributed by atoms with Crippen LogP contribution < -0.4 is 0 Å². The predicted molar refractivity (Wildman–Crippen MR) is 192 cm³/mol. The Labute approximate surface area is 263 Å². The first-order valence-electron chi connectivity index (χ1n) is 15.0. The molecule has 0 aliphatic heterocycles. The molecule has 0 saturated carbocycles. The van der Waals surface area contributed by atoms with Gasteiger partial charge in [0.1, 0.15) is 0 Å². The molecule has 0 saturated heterocycles. The minimum atomic E-state index is 1.08. The van der Waals surface area contributed by atoms with E-state index in [-0.39, 0.29) is 0 Å². The molecule has 0 radical (unpaired) electrons. The highest BCUT2D eigenvalue weighted by atomic mass is 79.9. The van der Waals surface area contributed by atoms with Gasteiger partial charge in [-0.15, -0.1) is 0 Å². The summed E-state index contributed by atoms with van der Waals surface area (Å²) in [6.07, 6.45) is 0. The van der Waals surface area contributed by atoms with Crippen LogP contribution in [0.15, 0.2) is 162 Å². The lowest BCUT2D eigenvalue weighted by atomic mass is 9.91. The second-order valence-corrected chi connectivity index (χ2v) is 12.4. The van der Waals surface area contributed by atoms with E-state index < -0.39 is 0 Å². The maximum absolute atomic E-state index is 3.72. The van der Waals surface area contributed by atoms with Crippen LogP contribution in [0.25, 0.3) is 82.1 Å². The van der Waals surface area contributed by atoms with E-state index in [1.807, 2.05) is 0 Å². The van der Waals surface area contributed by atoms with Gasteiger partial charge in [-0.05, 0) is 109 Å². The molecule has 0 aliphatic rings. The molecule has 2 heteroatoms. The number of para-hydroxylation sites is 1. The zero-order valence-corrected chi connectivity index (χ0v) is 25.4. The zero-order valence-electron chi connectivity index (χ0n) is 23.8. The van der Waals surface area contributed by atoms with Crippen molar-refractivity contribution in [1.29, 1.82) is 0 Å². The molecule has 1 nitrogen and oxygen atoms in total. The summed E-state index contributed by atoms with van der Waals surface area (Å²) in [7, 11) is 0. The van der Waals surface area contributed by atoms with Crippen LogP contribution in [0.2, 0.25) is 0 Å². The highest BCUT2D eigenvalue weighted by Gasteiger charge is 2.15. The number of halogens is 1. The van der Waals surface area contributed by atoms with Crippen molar-refractivity contribution in [2.45, 2.75) is 0 Å². The molecule has 0 N–H and O–H groups in total. The molecule has 1 heterocycles. The van der Waals surface area contributed by atoms with Crippen molar-refractivity contribution in [3.8, 4) is 27.9 Å². The molecule has 0 amide bonds. The summed E-state index contributed by atoms with van der Waals surface area (Å²) in [6.45, 7) is 0. The van der Waals surface area contributed by atoms with E-state index >= 15 is 0 Å². The number of benzene rings is 8. The van der Waals surface area contributed by atoms with E-state index in [0.717, 1.165) is 4.47 Å². The van der Waals surface area contributed by atoms with Gasteiger partial charge in [0.25, 0.3) is 0 Å². The topological polar surface area (TPSA) is 4.93 Å². The van der Waals surface area contributed by atoms with Gasteiger partial charge < -0.3 is 4.57 Å². The molecule has 1 aromatic heterocycles. The largest absolute Gasteiger partial charge is 0.309 e. The Balaban J connectivity index is 1.21. The average Bonchev–Trinajstić information content (AvgIpc) is 3.41. The van der Waals surface area contributed by atoms with Gasteiger partial charge in [-0.25, -0.2) is 0 Å². The van der Waals surface area contributed by atoms with Crippen molar-refractivity contribution in [2.75, 3.05) is 0 Å². The van der Waals surface area contributed by atoms with Crippen LogP contribution in [0.4, 0.5) is 0 Å². The highest BCUT2D eigenvalue weighted by molar-refractivity contribution is 9.10. The molecule has 0 atom stereocenters. The summed E-state index contributed by atoms with van der Waals surface area (Å²) in [6, 6.07) is 57.5. The lowest BCUT2D eigenvalue weighted by Gasteiger charge is -2.13. The molecular formula is C42H26BrN. The van der Waals surface area contributed by atoms with Crippen LogP contribution in [-0.4, -0.2) is 4.57 Å². The first-order valence-corrected chi connectivity index (χ1v) is 15.8. The minimum absolute atomic E-state index is 1.08. The van der Waals surface area contributed by atoms with Crippen molar-refractivity contribution >= 4 is 70.1 Å². The third-order valence-electron chi connectivity index (χ3n) is 9.01. The third kappa shape index (κ3) is 3.92. The van der Waals surface area contributed by atoms with Crippen LogP contribution in [-0.2, 0) is 0 Å². The normalized spacial score (nSPS) is 11.8. The summed E-state index contributed by atoms with van der Waals surface area (Å²) in [5.41, 5.74) is 8.45. The summed E-state index contributed by atoms with van der Waals surface area (Å²) < 4.78 is 3.45. The van der Waals surface area contributed by atoms with E-state index in [0.29, 0.717) is 0 Å². The molecule has 206 valence electrons. The molecule has 0 unspecified atom stereocenters. The molecule has 0 bridgehead atoms. The molecule has 0 spiro atoms. The van der Waals surface area contributed by atoms with Crippen molar-refractivity contribution in [2.24, 2.45) is 0 Å². The number of nitrogens with zero attached hydrogens (tertiary/aromatic N) is 1. The molecule has 0 aliphatic carbocycles. The lowest BCUT2D eigenvalue weighted by molar-refractivity contribution is 1.18. The lowest BCUT2D eigenvalue weighted by Crippen LogP contribution is -1.92. The van der Waals surface area contributed by atoms with Crippen LogP contribution in [0.1, 0.15) is 0 Å². The summed E-state index contributed by atoms with van der Waals surface area (Å²) >= 11 is 3.72. The molecule has 9 rings (SSSR count). The number of fused-ring (bicyclic) bond motifs is 9. The van der Waals surface area contributed by atoms with Crippen LogP contribution in [0.5, 0.6) is 0 Å². The van der Waals surface area contributed by atoms with Crippen LogP contribution >= 0.6 is 15.9 Å². The molecular weight excluding hydrogens is 598 g/mol. The smallest absolute Gasteiger partial charge is 0.0541 e. The summed E-state index contributed by atoms with van der Waals surface area (Å²) in [5.74, 6) is 0. The van der Waals surface area contributed by atoms with Gasteiger partial charge in [-0.1, -0.05) is 119 Å². The highest BCUT2D eigenvalue weighted by Crippen LogP contribution is 2.39. The van der Waals surface area contributed by atoms with Crippen LogP contribution in [0, 0.1) is 0 Å².